The molecule has 1 amide bonds. The maximum atomic E-state index is 12.9. The minimum Gasteiger partial charge on any atom is -0.494 e. The lowest BCUT2D eigenvalue weighted by atomic mass is 10.1. The van der Waals surface area contributed by atoms with E-state index in [0.717, 1.165) is 4.57 Å². The largest absolute Gasteiger partial charge is 0.494 e. The normalized spacial score (nSPS) is 10.7. The number of amides is 1. The first-order chi connectivity index (χ1) is 13.2. The third-order valence-electron chi connectivity index (χ3n) is 4.23. The molecule has 2 N–H and O–H groups in total. The van der Waals surface area contributed by atoms with Gasteiger partial charge in [0.25, 0.3) is 11.5 Å². The summed E-state index contributed by atoms with van der Waals surface area (Å²) in [6.45, 7) is 0. The summed E-state index contributed by atoms with van der Waals surface area (Å²) < 4.78 is 1.09. The molecule has 0 radical (unpaired) electrons. The van der Waals surface area contributed by atoms with E-state index in [-0.39, 0.29) is 5.56 Å². The van der Waals surface area contributed by atoms with Gasteiger partial charge in [-0.25, -0.2) is 4.57 Å². The zero-order valence-corrected chi connectivity index (χ0v) is 14.2. The highest BCUT2D eigenvalue weighted by atomic mass is 16.3. The van der Waals surface area contributed by atoms with Crippen LogP contribution in [0, 0.1) is 0 Å². The van der Waals surface area contributed by atoms with E-state index in [0.29, 0.717) is 22.1 Å². The predicted octanol–water partition coefficient (Wildman–Crippen LogP) is 3.34. The van der Waals surface area contributed by atoms with Gasteiger partial charge >= 0.3 is 0 Å². The Kier molecular flexibility index (Phi) is 4.14. The van der Waals surface area contributed by atoms with Gasteiger partial charge < -0.3 is 10.4 Å². The van der Waals surface area contributed by atoms with Crippen LogP contribution in [-0.4, -0.2) is 20.6 Å². The van der Waals surface area contributed by atoms with Crippen molar-refractivity contribution in [2.24, 2.45) is 0 Å². The number of rotatable bonds is 3. The van der Waals surface area contributed by atoms with Gasteiger partial charge in [0, 0.05) is 22.7 Å². The molecular weight excluding hydrogens is 342 g/mol. The first kappa shape index (κ1) is 16.5. The Bertz CT molecular complexity index is 1190. The Hall–Kier alpha value is -3.93. The molecule has 0 aliphatic carbocycles. The average Bonchev–Trinajstić information content (AvgIpc) is 2.70. The third-order valence-corrected chi connectivity index (χ3v) is 4.23. The summed E-state index contributed by atoms with van der Waals surface area (Å²) in [6.07, 6.45) is 3.02. The lowest BCUT2D eigenvalue weighted by molar-refractivity contribution is 0.102. The summed E-state index contributed by atoms with van der Waals surface area (Å²) in [5.74, 6) is -0.937. The molecule has 0 bridgehead atoms. The quantitative estimate of drug-likeness (QED) is 0.589. The molecule has 2 aromatic carbocycles. The first-order valence-electron chi connectivity index (χ1n) is 8.30. The number of carbonyl (C=O) groups is 1. The molecule has 132 valence electrons. The molecule has 0 atom stereocenters. The van der Waals surface area contributed by atoms with Crippen molar-refractivity contribution < 1.29 is 9.90 Å². The van der Waals surface area contributed by atoms with Crippen LogP contribution in [0.1, 0.15) is 10.4 Å². The predicted molar refractivity (Wildman–Crippen MR) is 103 cm³/mol. The van der Waals surface area contributed by atoms with Crippen LogP contribution in [0.4, 0.5) is 5.69 Å². The highest BCUT2D eigenvalue weighted by Crippen LogP contribution is 2.27. The SMILES string of the molecule is O=C(Nc1ccccc1)c1c(O)n(-c2cccnc2)c(=O)c2ccccc12. The second kappa shape index (κ2) is 6.76. The highest BCUT2D eigenvalue weighted by Gasteiger charge is 2.22. The number of aromatic hydroxyl groups is 1. The summed E-state index contributed by atoms with van der Waals surface area (Å²) >= 11 is 0. The van der Waals surface area contributed by atoms with Crippen LogP contribution in [0.3, 0.4) is 0 Å². The summed E-state index contributed by atoms with van der Waals surface area (Å²) in [4.78, 5) is 29.9. The van der Waals surface area contributed by atoms with Crippen LogP contribution >= 0.6 is 0 Å². The van der Waals surface area contributed by atoms with Crippen molar-refractivity contribution in [3.05, 3.63) is 95.0 Å². The molecule has 2 aromatic heterocycles. The Morgan fingerprint density at radius 3 is 2.33 bits per heavy atom. The topological polar surface area (TPSA) is 84.2 Å². The van der Waals surface area contributed by atoms with Crippen molar-refractivity contribution in [1.82, 2.24) is 9.55 Å². The number of carbonyl (C=O) groups excluding carboxylic acids is 1. The molecule has 0 fully saturated rings. The Morgan fingerprint density at radius 1 is 0.926 bits per heavy atom. The number of fused-ring (bicyclic) bond motifs is 1. The van der Waals surface area contributed by atoms with E-state index in [4.69, 9.17) is 0 Å². The third kappa shape index (κ3) is 2.93. The number of aromatic nitrogens is 2. The molecule has 27 heavy (non-hydrogen) atoms. The van der Waals surface area contributed by atoms with Gasteiger partial charge in [0.15, 0.2) is 0 Å². The highest BCUT2D eigenvalue weighted by molar-refractivity contribution is 6.14. The second-order valence-electron chi connectivity index (χ2n) is 5.92. The number of hydrogen-bond acceptors (Lipinski definition) is 4. The Balaban J connectivity index is 1.97. The van der Waals surface area contributed by atoms with Crippen LogP contribution in [0.2, 0.25) is 0 Å². The van der Waals surface area contributed by atoms with E-state index in [1.54, 1.807) is 66.9 Å². The zero-order chi connectivity index (χ0) is 18.8. The fourth-order valence-electron chi connectivity index (χ4n) is 3.00. The van der Waals surface area contributed by atoms with Gasteiger partial charge in [-0.3, -0.25) is 14.6 Å². The summed E-state index contributed by atoms with van der Waals surface area (Å²) in [5, 5.41) is 14.3. The van der Waals surface area contributed by atoms with Gasteiger partial charge in [-0.2, -0.15) is 0 Å². The smallest absolute Gasteiger partial charge is 0.265 e. The zero-order valence-electron chi connectivity index (χ0n) is 14.2. The molecule has 4 aromatic rings. The maximum absolute atomic E-state index is 12.9. The van der Waals surface area contributed by atoms with Gasteiger partial charge in [-0.1, -0.05) is 36.4 Å². The molecule has 0 aliphatic heterocycles. The molecule has 0 unspecified atom stereocenters. The van der Waals surface area contributed by atoms with Crippen molar-refractivity contribution in [3.8, 4) is 11.6 Å². The maximum Gasteiger partial charge on any atom is 0.265 e. The molecule has 0 saturated heterocycles. The van der Waals surface area contributed by atoms with Crippen molar-refractivity contribution in [2.45, 2.75) is 0 Å². The molecule has 0 aliphatic rings. The lowest BCUT2D eigenvalue weighted by Gasteiger charge is -2.15. The summed E-state index contributed by atoms with van der Waals surface area (Å²) in [7, 11) is 0. The van der Waals surface area contributed by atoms with Gasteiger partial charge in [0.05, 0.1) is 11.9 Å². The van der Waals surface area contributed by atoms with Crippen LogP contribution in [-0.2, 0) is 0 Å². The monoisotopic (exact) mass is 357 g/mol. The van der Waals surface area contributed by atoms with Crippen LogP contribution in [0.15, 0.2) is 83.9 Å². The number of pyridine rings is 2. The molecule has 4 rings (SSSR count). The standard InChI is InChI=1S/C21H15N3O3/c25-19(23-14-7-2-1-3-8-14)18-16-10-4-5-11-17(16)20(26)24(21(18)27)15-9-6-12-22-13-15/h1-13,27H,(H,23,25). The first-order valence-corrected chi connectivity index (χ1v) is 8.30. The summed E-state index contributed by atoms with van der Waals surface area (Å²) in [5.41, 5.74) is 0.565. The molecule has 2 heterocycles. The fourth-order valence-corrected chi connectivity index (χ4v) is 3.00. The van der Waals surface area contributed by atoms with Gasteiger partial charge in [-0.15, -0.1) is 0 Å². The second-order valence-corrected chi connectivity index (χ2v) is 5.92. The fraction of sp³-hybridized carbons (Fsp3) is 0. The van der Waals surface area contributed by atoms with Crippen LogP contribution < -0.4 is 10.9 Å². The minimum atomic E-state index is -0.507. The summed E-state index contributed by atoms with van der Waals surface area (Å²) in [6, 6.07) is 18.9. The van der Waals surface area contributed by atoms with Gasteiger partial charge in [-0.05, 0) is 30.3 Å². The van der Waals surface area contributed by atoms with Crippen molar-refractivity contribution in [2.75, 3.05) is 5.32 Å². The Labute approximate surface area is 154 Å². The molecule has 6 heteroatoms. The number of hydrogen-bond donors (Lipinski definition) is 2. The lowest BCUT2D eigenvalue weighted by Crippen LogP contribution is -2.23. The minimum absolute atomic E-state index is 0.0258. The number of benzene rings is 2. The van der Waals surface area contributed by atoms with Crippen LogP contribution in [0.25, 0.3) is 16.5 Å². The van der Waals surface area contributed by atoms with Crippen molar-refractivity contribution in [1.29, 1.82) is 0 Å². The van der Waals surface area contributed by atoms with Crippen molar-refractivity contribution in [3.63, 3.8) is 0 Å². The van der Waals surface area contributed by atoms with Crippen molar-refractivity contribution >= 4 is 22.4 Å². The molecular formula is C21H15N3O3. The molecule has 6 nitrogen and oxygen atoms in total. The number of nitrogens with one attached hydrogen (secondary N) is 1. The van der Waals surface area contributed by atoms with E-state index < -0.39 is 17.3 Å². The Morgan fingerprint density at radius 2 is 1.63 bits per heavy atom. The number of nitrogens with zero attached hydrogens (tertiary/aromatic N) is 2. The van der Waals surface area contributed by atoms with Gasteiger partial charge in [0.2, 0.25) is 5.88 Å². The van der Waals surface area contributed by atoms with E-state index in [1.165, 1.54) is 6.20 Å². The van der Waals surface area contributed by atoms with Crippen LogP contribution in [0.5, 0.6) is 5.88 Å². The average molecular weight is 357 g/mol. The molecule has 0 saturated carbocycles. The van der Waals surface area contributed by atoms with E-state index in [9.17, 15) is 14.7 Å². The van der Waals surface area contributed by atoms with E-state index in [1.807, 2.05) is 6.07 Å². The van der Waals surface area contributed by atoms with Gasteiger partial charge in [0.1, 0.15) is 5.56 Å². The number of anilines is 1. The molecule has 0 spiro atoms. The van der Waals surface area contributed by atoms with E-state index in [2.05, 4.69) is 10.3 Å². The number of para-hydroxylation sites is 1. The van der Waals surface area contributed by atoms with E-state index >= 15 is 0 Å².